The predicted octanol–water partition coefficient (Wildman–Crippen LogP) is 2.32. The molecule has 1 saturated carbocycles. The van der Waals surface area contributed by atoms with E-state index in [9.17, 15) is 4.79 Å². The van der Waals surface area contributed by atoms with E-state index >= 15 is 0 Å². The number of benzene rings is 1. The van der Waals surface area contributed by atoms with Crippen molar-refractivity contribution in [2.45, 2.75) is 38.4 Å². The fraction of sp³-hybridized carbons (Fsp3) is 0.545. The highest BCUT2D eigenvalue weighted by Crippen LogP contribution is 2.39. The maximum atomic E-state index is 11.7. The molecule has 156 valence electrons. The zero-order valence-electron chi connectivity index (χ0n) is 17.2. The molecule has 0 spiro atoms. The van der Waals surface area contributed by atoms with Gasteiger partial charge in [0.2, 0.25) is 5.91 Å². The average molecular weight is 399 g/mol. The third kappa shape index (κ3) is 4.56. The number of rotatable bonds is 8. The quantitative estimate of drug-likeness (QED) is 0.739. The molecule has 1 aromatic heterocycles. The summed E-state index contributed by atoms with van der Waals surface area (Å²) in [4.78, 5) is 18.2. The Morgan fingerprint density at radius 3 is 2.97 bits per heavy atom. The topological polar surface area (TPSA) is 68.6 Å². The van der Waals surface area contributed by atoms with Crippen molar-refractivity contribution in [3.05, 3.63) is 42.5 Å². The average Bonchev–Trinajstić information content (AvgIpc) is 3.38. The van der Waals surface area contributed by atoms with Crippen LogP contribution in [0.15, 0.2) is 36.9 Å². The molecular weight excluding hydrogens is 368 g/mol. The van der Waals surface area contributed by atoms with Gasteiger partial charge in [-0.05, 0) is 37.8 Å². The van der Waals surface area contributed by atoms with Gasteiger partial charge < -0.3 is 19.4 Å². The molecular formula is C22H30N4O3. The molecule has 1 saturated heterocycles. The van der Waals surface area contributed by atoms with Crippen molar-refractivity contribution in [2.24, 2.45) is 11.8 Å². The van der Waals surface area contributed by atoms with E-state index in [-0.39, 0.29) is 5.91 Å². The Hall–Kier alpha value is -2.54. The van der Waals surface area contributed by atoms with Gasteiger partial charge in [-0.2, -0.15) is 0 Å². The van der Waals surface area contributed by atoms with Crippen LogP contribution in [-0.4, -0.2) is 53.7 Å². The summed E-state index contributed by atoms with van der Waals surface area (Å²) in [5.41, 5.74) is 1.13. The molecule has 0 unspecified atom stereocenters. The molecule has 7 heteroatoms. The molecule has 2 aliphatic rings. The second-order valence-corrected chi connectivity index (χ2v) is 8.17. The van der Waals surface area contributed by atoms with E-state index in [1.165, 1.54) is 0 Å². The van der Waals surface area contributed by atoms with Gasteiger partial charge in [-0.1, -0.05) is 12.1 Å². The number of carbonyl (C=O) groups excluding carboxylic acids is 1. The number of fused-ring (bicyclic) bond motifs is 1. The van der Waals surface area contributed by atoms with E-state index < -0.39 is 0 Å². The van der Waals surface area contributed by atoms with Gasteiger partial charge >= 0.3 is 0 Å². The second kappa shape index (κ2) is 8.86. The minimum atomic E-state index is 0.205. The zero-order valence-corrected chi connectivity index (χ0v) is 17.2. The van der Waals surface area contributed by atoms with Crippen LogP contribution in [0.25, 0.3) is 0 Å². The Morgan fingerprint density at radius 1 is 1.31 bits per heavy atom. The summed E-state index contributed by atoms with van der Waals surface area (Å²) in [7, 11) is 3.85. The Balaban J connectivity index is 1.41. The van der Waals surface area contributed by atoms with E-state index in [0.717, 1.165) is 49.5 Å². The first-order chi connectivity index (χ1) is 14.1. The molecule has 1 aliphatic carbocycles. The first-order valence-corrected chi connectivity index (χ1v) is 10.4. The van der Waals surface area contributed by atoms with Crippen LogP contribution < -0.4 is 14.8 Å². The van der Waals surface area contributed by atoms with Gasteiger partial charge in [-0.25, -0.2) is 4.98 Å². The third-order valence-corrected chi connectivity index (χ3v) is 6.30. The number of nitrogens with one attached hydrogen (secondary N) is 1. The van der Waals surface area contributed by atoms with Crippen molar-refractivity contribution in [3.63, 3.8) is 0 Å². The van der Waals surface area contributed by atoms with Crippen molar-refractivity contribution in [2.75, 3.05) is 27.3 Å². The molecule has 1 aromatic carbocycles. The fourth-order valence-electron chi connectivity index (χ4n) is 4.68. The second-order valence-electron chi connectivity index (χ2n) is 8.17. The highest BCUT2D eigenvalue weighted by molar-refractivity contribution is 5.77. The number of hydrogen-bond donors (Lipinski definition) is 1. The number of ether oxygens (including phenoxy) is 2. The molecule has 7 nitrogen and oxygen atoms in total. The van der Waals surface area contributed by atoms with Crippen molar-refractivity contribution < 1.29 is 14.3 Å². The van der Waals surface area contributed by atoms with Gasteiger partial charge in [0.1, 0.15) is 6.61 Å². The summed E-state index contributed by atoms with van der Waals surface area (Å²) >= 11 is 0. The number of methoxy groups -OCH3 is 1. The lowest BCUT2D eigenvalue weighted by Gasteiger charge is -2.26. The minimum Gasteiger partial charge on any atom is -0.493 e. The van der Waals surface area contributed by atoms with Gasteiger partial charge in [-0.15, -0.1) is 0 Å². The standard InChI is InChI=1S/C22H30N4O3/c1-25(19-10-17-12-21(27)24-13-18(17)11-19)14-16-4-3-5-20(28-2)22(16)29-9-8-26-7-6-23-15-26/h3-7,15,17-19H,8-14H2,1-2H3,(H,24,27)/t17-,18+,19-/m1/s1. The number of para-hydroxylation sites is 1. The number of imidazole rings is 1. The van der Waals surface area contributed by atoms with Crippen molar-refractivity contribution in [1.82, 2.24) is 19.8 Å². The highest BCUT2D eigenvalue weighted by Gasteiger charge is 2.39. The van der Waals surface area contributed by atoms with Crippen molar-refractivity contribution in [1.29, 1.82) is 0 Å². The predicted molar refractivity (Wildman–Crippen MR) is 110 cm³/mol. The lowest BCUT2D eigenvalue weighted by Crippen LogP contribution is -2.38. The summed E-state index contributed by atoms with van der Waals surface area (Å²) in [5, 5.41) is 3.02. The number of aromatic nitrogens is 2. The lowest BCUT2D eigenvalue weighted by atomic mass is 9.89. The smallest absolute Gasteiger partial charge is 0.220 e. The number of nitrogens with zero attached hydrogens (tertiary/aromatic N) is 3. The Kier molecular flexibility index (Phi) is 6.04. The van der Waals surface area contributed by atoms with Crippen LogP contribution in [0.4, 0.5) is 0 Å². The molecule has 2 aromatic rings. The lowest BCUT2D eigenvalue weighted by molar-refractivity contribution is -0.124. The van der Waals surface area contributed by atoms with Gasteiger partial charge in [0.05, 0.1) is 20.0 Å². The molecule has 0 radical (unpaired) electrons. The monoisotopic (exact) mass is 398 g/mol. The van der Waals surface area contributed by atoms with Gasteiger partial charge in [0, 0.05) is 43.5 Å². The molecule has 3 atom stereocenters. The van der Waals surface area contributed by atoms with Crippen molar-refractivity contribution in [3.8, 4) is 11.5 Å². The summed E-state index contributed by atoms with van der Waals surface area (Å²) in [6.45, 7) is 2.91. The normalized spacial score (nSPS) is 23.7. The maximum absolute atomic E-state index is 11.7. The van der Waals surface area contributed by atoms with E-state index in [1.807, 2.05) is 22.9 Å². The zero-order chi connectivity index (χ0) is 20.2. The first-order valence-electron chi connectivity index (χ1n) is 10.4. The van der Waals surface area contributed by atoms with E-state index in [2.05, 4.69) is 28.3 Å². The Bertz CT molecular complexity index is 823. The van der Waals surface area contributed by atoms with Gasteiger partial charge in [-0.3, -0.25) is 9.69 Å². The molecule has 0 bridgehead atoms. The molecule has 2 fully saturated rings. The maximum Gasteiger partial charge on any atom is 0.220 e. The van der Waals surface area contributed by atoms with Crippen LogP contribution in [0.5, 0.6) is 11.5 Å². The van der Waals surface area contributed by atoms with Gasteiger partial charge in [0.25, 0.3) is 0 Å². The fourth-order valence-corrected chi connectivity index (χ4v) is 4.68. The molecule has 1 amide bonds. The van der Waals surface area contributed by atoms with E-state index in [4.69, 9.17) is 9.47 Å². The van der Waals surface area contributed by atoms with Crippen LogP contribution in [0, 0.1) is 11.8 Å². The van der Waals surface area contributed by atoms with Crippen LogP contribution in [-0.2, 0) is 17.9 Å². The van der Waals surface area contributed by atoms with Crippen LogP contribution >= 0.6 is 0 Å². The molecule has 1 N–H and O–H groups in total. The number of carbonyl (C=O) groups is 1. The molecule has 2 heterocycles. The van der Waals surface area contributed by atoms with Crippen LogP contribution in [0.3, 0.4) is 0 Å². The van der Waals surface area contributed by atoms with E-state index in [1.54, 1.807) is 19.6 Å². The highest BCUT2D eigenvalue weighted by atomic mass is 16.5. The Morgan fingerprint density at radius 2 is 2.17 bits per heavy atom. The summed E-state index contributed by atoms with van der Waals surface area (Å²) in [5.74, 6) is 2.91. The molecule has 1 aliphatic heterocycles. The summed E-state index contributed by atoms with van der Waals surface area (Å²) < 4.78 is 13.7. The summed E-state index contributed by atoms with van der Waals surface area (Å²) in [6.07, 6.45) is 8.40. The molecule has 4 rings (SSSR count). The van der Waals surface area contributed by atoms with Crippen molar-refractivity contribution >= 4 is 5.91 Å². The largest absolute Gasteiger partial charge is 0.493 e. The molecule has 29 heavy (non-hydrogen) atoms. The van der Waals surface area contributed by atoms with Crippen LogP contribution in [0.2, 0.25) is 0 Å². The third-order valence-electron chi connectivity index (χ3n) is 6.30. The van der Waals surface area contributed by atoms with Gasteiger partial charge in [0.15, 0.2) is 11.5 Å². The van der Waals surface area contributed by atoms with E-state index in [0.29, 0.717) is 30.9 Å². The summed E-state index contributed by atoms with van der Waals surface area (Å²) in [6, 6.07) is 6.56. The SMILES string of the molecule is COc1cccc(CN(C)[C@H]2C[C@H]3CNC(=O)C[C@H]3C2)c1OCCn1ccnc1. The van der Waals surface area contributed by atoms with Crippen LogP contribution in [0.1, 0.15) is 24.8 Å². The first kappa shape index (κ1) is 19.8. The number of piperidine rings is 1. The Labute approximate surface area is 172 Å². The minimum absolute atomic E-state index is 0.205. The number of hydrogen-bond acceptors (Lipinski definition) is 5. The number of amides is 1.